The van der Waals surface area contributed by atoms with Gasteiger partial charge in [-0.2, -0.15) is 0 Å². The van der Waals surface area contributed by atoms with E-state index in [0.29, 0.717) is 13.1 Å². The van der Waals surface area contributed by atoms with Crippen LogP contribution in [0.3, 0.4) is 0 Å². The highest BCUT2D eigenvalue weighted by atomic mass is 32.1. The van der Waals surface area contributed by atoms with Gasteiger partial charge in [0.05, 0.1) is 23.9 Å². The van der Waals surface area contributed by atoms with Gasteiger partial charge in [-0.3, -0.25) is 9.78 Å². The van der Waals surface area contributed by atoms with E-state index in [0.717, 1.165) is 16.4 Å². The summed E-state index contributed by atoms with van der Waals surface area (Å²) < 4.78 is 5.32. The fourth-order valence-corrected chi connectivity index (χ4v) is 3.87. The van der Waals surface area contributed by atoms with Gasteiger partial charge in [-0.05, 0) is 38.8 Å². The van der Waals surface area contributed by atoms with Crippen molar-refractivity contribution in [2.75, 3.05) is 13.1 Å². The molecule has 2 atom stereocenters. The number of hydrogen-bond acceptors (Lipinski definition) is 6. The lowest BCUT2D eigenvalue weighted by molar-refractivity contribution is -0.129. The molecule has 1 N–H and O–H groups in total. The minimum Gasteiger partial charge on any atom is -0.444 e. The van der Waals surface area contributed by atoms with Crippen molar-refractivity contribution in [2.45, 2.75) is 45.8 Å². The van der Waals surface area contributed by atoms with Crippen molar-refractivity contribution in [3.8, 4) is 10.7 Å². The number of amides is 2. The third-order valence-electron chi connectivity index (χ3n) is 4.44. The Morgan fingerprint density at radius 1 is 1.32 bits per heavy atom. The van der Waals surface area contributed by atoms with Gasteiger partial charge in [-0.15, -0.1) is 11.3 Å². The van der Waals surface area contributed by atoms with Crippen molar-refractivity contribution < 1.29 is 14.3 Å². The molecule has 1 aliphatic rings. The molecule has 2 aromatic rings. The minimum absolute atomic E-state index is 0.0122. The summed E-state index contributed by atoms with van der Waals surface area (Å²) in [4.78, 5) is 35.3. The molecule has 0 spiro atoms. The summed E-state index contributed by atoms with van der Waals surface area (Å²) in [6, 6.07) is 5.56. The molecule has 150 valence electrons. The van der Waals surface area contributed by atoms with Crippen LogP contribution in [0.1, 0.15) is 33.4 Å². The lowest BCUT2D eigenvalue weighted by Gasteiger charge is -2.23. The molecule has 1 fully saturated rings. The number of nitrogens with zero attached hydrogens (tertiary/aromatic N) is 3. The minimum atomic E-state index is -0.544. The van der Waals surface area contributed by atoms with Crippen molar-refractivity contribution in [3.63, 3.8) is 0 Å². The van der Waals surface area contributed by atoms with E-state index in [1.807, 2.05) is 51.3 Å². The summed E-state index contributed by atoms with van der Waals surface area (Å²) in [5, 5.41) is 5.59. The van der Waals surface area contributed by atoms with Crippen molar-refractivity contribution >= 4 is 23.3 Å². The predicted molar refractivity (Wildman–Crippen MR) is 108 cm³/mol. The zero-order chi connectivity index (χ0) is 20.3. The van der Waals surface area contributed by atoms with E-state index in [2.05, 4.69) is 15.3 Å². The zero-order valence-corrected chi connectivity index (χ0v) is 17.5. The molecule has 0 aromatic carbocycles. The molecule has 0 saturated carbocycles. The maximum absolute atomic E-state index is 12.7. The van der Waals surface area contributed by atoms with Gasteiger partial charge in [0, 0.05) is 24.7 Å². The van der Waals surface area contributed by atoms with E-state index < -0.39 is 11.7 Å². The van der Waals surface area contributed by atoms with Crippen LogP contribution < -0.4 is 5.32 Å². The Balaban J connectivity index is 1.56. The molecule has 8 heteroatoms. The highest BCUT2D eigenvalue weighted by molar-refractivity contribution is 7.13. The average molecular weight is 403 g/mol. The molecular formula is C20H26N4O3S. The largest absolute Gasteiger partial charge is 0.444 e. The number of hydrogen-bond donors (Lipinski definition) is 1. The first-order valence-corrected chi connectivity index (χ1v) is 10.2. The standard InChI is InChI=1S/C20H26N4O3S/c1-13-10-24(11-16(13)23-19(26)27-20(2,3)4)17(25)9-14-12-28-18(22-14)15-7-5-6-8-21-15/h5-8,12-13,16H,9-11H2,1-4H3,(H,23,26)/t13-,16+/m1/s1. The summed E-state index contributed by atoms with van der Waals surface area (Å²) in [6.07, 6.45) is 1.53. The first kappa shape index (κ1) is 20.3. The van der Waals surface area contributed by atoms with Crippen LogP contribution in [0, 0.1) is 5.92 Å². The molecule has 0 unspecified atom stereocenters. The Kier molecular flexibility index (Phi) is 5.98. The molecule has 28 heavy (non-hydrogen) atoms. The van der Waals surface area contributed by atoms with E-state index in [-0.39, 0.29) is 24.3 Å². The van der Waals surface area contributed by atoms with Crippen molar-refractivity contribution in [3.05, 3.63) is 35.5 Å². The van der Waals surface area contributed by atoms with Gasteiger partial charge in [0.25, 0.3) is 0 Å². The highest BCUT2D eigenvalue weighted by Crippen LogP contribution is 2.23. The number of likely N-dealkylation sites (tertiary alicyclic amines) is 1. The number of pyridine rings is 1. The van der Waals surface area contributed by atoms with Crippen molar-refractivity contribution in [1.82, 2.24) is 20.2 Å². The molecule has 1 saturated heterocycles. The van der Waals surface area contributed by atoms with Gasteiger partial charge in [-0.1, -0.05) is 13.0 Å². The number of nitrogens with one attached hydrogen (secondary N) is 1. The van der Waals surface area contributed by atoms with Crippen LogP contribution in [0.25, 0.3) is 10.7 Å². The molecule has 7 nitrogen and oxygen atoms in total. The average Bonchev–Trinajstić information content (AvgIpc) is 3.21. The molecule has 0 radical (unpaired) electrons. The third-order valence-corrected chi connectivity index (χ3v) is 5.35. The van der Waals surface area contributed by atoms with Crippen LogP contribution in [-0.2, 0) is 16.0 Å². The maximum atomic E-state index is 12.7. The highest BCUT2D eigenvalue weighted by Gasteiger charge is 2.34. The van der Waals surface area contributed by atoms with Crippen LogP contribution >= 0.6 is 11.3 Å². The first-order chi connectivity index (χ1) is 13.2. The SMILES string of the molecule is C[C@@H]1CN(C(=O)Cc2csc(-c3ccccn3)n2)C[C@@H]1NC(=O)OC(C)(C)C. The number of ether oxygens (including phenoxy) is 1. The number of alkyl carbamates (subject to hydrolysis) is 1. The molecule has 0 aliphatic carbocycles. The fourth-order valence-electron chi connectivity index (χ4n) is 3.08. The number of aromatic nitrogens is 2. The topological polar surface area (TPSA) is 84.4 Å². The lowest BCUT2D eigenvalue weighted by Crippen LogP contribution is -2.43. The van der Waals surface area contributed by atoms with E-state index in [1.54, 1.807) is 11.1 Å². The second-order valence-corrected chi connectivity index (χ2v) is 8.92. The van der Waals surface area contributed by atoms with E-state index >= 15 is 0 Å². The third kappa shape index (κ3) is 5.28. The number of rotatable bonds is 4. The van der Waals surface area contributed by atoms with Crippen LogP contribution in [-0.4, -0.2) is 51.6 Å². The van der Waals surface area contributed by atoms with Gasteiger partial charge < -0.3 is 15.0 Å². The van der Waals surface area contributed by atoms with Crippen LogP contribution in [0.5, 0.6) is 0 Å². The quantitative estimate of drug-likeness (QED) is 0.849. The Hall–Kier alpha value is -2.48. The smallest absolute Gasteiger partial charge is 0.407 e. The Morgan fingerprint density at radius 2 is 2.11 bits per heavy atom. The number of thiazole rings is 1. The van der Waals surface area contributed by atoms with Crippen LogP contribution in [0.4, 0.5) is 4.79 Å². The zero-order valence-electron chi connectivity index (χ0n) is 16.6. The van der Waals surface area contributed by atoms with E-state index in [4.69, 9.17) is 4.74 Å². The molecule has 3 rings (SSSR count). The van der Waals surface area contributed by atoms with Gasteiger partial charge in [0.2, 0.25) is 5.91 Å². The maximum Gasteiger partial charge on any atom is 0.407 e. The van der Waals surface area contributed by atoms with Crippen LogP contribution in [0.2, 0.25) is 0 Å². The van der Waals surface area contributed by atoms with E-state index in [1.165, 1.54) is 11.3 Å². The van der Waals surface area contributed by atoms with Gasteiger partial charge in [0.15, 0.2) is 0 Å². The van der Waals surface area contributed by atoms with Gasteiger partial charge in [0.1, 0.15) is 10.6 Å². The molecule has 2 amide bonds. The first-order valence-electron chi connectivity index (χ1n) is 9.34. The molecule has 0 bridgehead atoms. The second-order valence-electron chi connectivity index (χ2n) is 8.06. The normalized spacial score (nSPS) is 19.5. The van der Waals surface area contributed by atoms with E-state index in [9.17, 15) is 9.59 Å². The predicted octanol–water partition coefficient (Wildman–Crippen LogP) is 3.12. The summed E-state index contributed by atoms with van der Waals surface area (Å²) in [5.41, 5.74) is 1.01. The Bertz CT molecular complexity index is 831. The Labute approximate surface area is 169 Å². The summed E-state index contributed by atoms with van der Waals surface area (Å²) in [5.74, 6) is 0.175. The van der Waals surface area contributed by atoms with Crippen molar-refractivity contribution in [1.29, 1.82) is 0 Å². The Morgan fingerprint density at radius 3 is 2.79 bits per heavy atom. The van der Waals surface area contributed by atoms with Crippen LogP contribution in [0.15, 0.2) is 29.8 Å². The molecule has 3 heterocycles. The fraction of sp³-hybridized carbons (Fsp3) is 0.500. The second kappa shape index (κ2) is 8.26. The monoisotopic (exact) mass is 402 g/mol. The van der Waals surface area contributed by atoms with Crippen molar-refractivity contribution in [2.24, 2.45) is 5.92 Å². The summed E-state index contributed by atoms with van der Waals surface area (Å²) in [6.45, 7) is 8.60. The van der Waals surface area contributed by atoms with Gasteiger partial charge >= 0.3 is 6.09 Å². The molecule has 2 aromatic heterocycles. The molecule has 1 aliphatic heterocycles. The summed E-state index contributed by atoms with van der Waals surface area (Å²) >= 11 is 1.48. The molecular weight excluding hydrogens is 376 g/mol. The summed E-state index contributed by atoms with van der Waals surface area (Å²) in [7, 11) is 0. The lowest BCUT2D eigenvalue weighted by atomic mass is 10.1. The van der Waals surface area contributed by atoms with Gasteiger partial charge in [-0.25, -0.2) is 9.78 Å². The number of carbonyl (C=O) groups is 2. The number of carbonyl (C=O) groups excluding carboxylic acids is 2.